The number of nitrogens with zero attached hydrogens (tertiary/aromatic N) is 2. The molecule has 0 radical (unpaired) electrons. The van der Waals surface area contributed by atoms with E-state index in [1.54, 1.807) is 39.8 Å². The molecule has 0 aliphatic heterocycles. The summed E-state index contributed by atoms with van der Waals surface area (Å²) in [6.07, 6.45) is 0. The number of ketones is 1. The van der Waals surface area contributed by atoms with Crippen LogP contribution in [0.1, 0.15) is 48.5 Å². The van der Waals surface area contributed by atoms with Crippen molar-refractivity contribution in [2.45, 2.75) is 27.7 Å². The number of hydrogen-bond acceptors (Lipinski definition) is 5. The van der Waals surface area contributed by atoms with Crippen molar-refractivity contribution in [2.24, 2.45) is 5.41 Å². The van der Waals surface area contributed by atoms with Gasteiger partial charge in [-0.05, 0) is 25.1 Å². The Bertz CT molecular complexity index is 930. The molecule has 0 bridgehead atoms. The Labute approximate surface area is 160 Å². The van der Waals surface area contributed by atoms with Crippen molar-refractivity contribution in [2.75, 3.05) is 6.61 Å². The van der Waals surface area contributed by atoms with Gasteiger partial charge in [0.1, 0.15) is 11.3 Å². The van der Waals surface area contributed by atoms with Gasteiger partial charge in [-0.3, -0.25) is 9.59 Å². The van der Waals surface area contributed by atoms with Crippen LogP contribution in [0.2, 0.25) is 10.0 Å². The fraction of sp³-hybridized carbons (Fsp3) is 0.333. The SMILES string of the molecule is CCOC(=O)c1cc(C(=O)C(C)(C)C)nn(-c2cccc(Cl)c2Cl)c1=O. The predicted molar refractivity (Wildman–Crippen MR) is 99.6 cm³/mol. The second kappa shape index (κ2) is 7.60. The van der Waals surface area contributed by atoms with Crippen molar-refractivity contribution in [3.63, 3.8) is 0 Å². The van der Waals surface area contributed by atoms with E-state index in [0.717, 1.165) is 10.7 Å². The maximum Gasteiger partial charge on any atom is 0.343 e. The average molecular weight is 397 g/mol. The molecular formula is C18H18Cl2N2O4. The fourth-order valence-electron chi connectivity index (χ4n) is 2.16. The average Bonchev–Trinajstić information content (AvgIpc) is 2.56. The van der Waals surface area contributed by atoms with E-state index in [4.69, 9.17) is 27.9 Å². The molecule has 1 aromatic heterocycles. The van der Waals surface area contributed by atoms with Gasteiger partial charge in [-0.15, -0.1) is 0 Å². The zero-order valence-corrected chi connectivity index (χ0v) is 16.3. The summed E-state index contributed by atoms with van der Waals surface area (Å²) >= 11 is 12.2. The quantitative estimate of drug-likeness (QED) is 0.577. The van der Waals surface area contributed by atoms with Crippen LogP contribution in [-0.2, 0) is 4.74 Å². The molecule has 2 aromatic rings. The summed E-state index contributed by atoms with van der Waals surface area (Å²) in [5.74, 6) is -1.18. The van der Waals surface area contributed by atoms with Gasteiger partial charge in [0.15, 0.2) is 5.78 Å². The maximum absolute atomic E-state index is 12.8. The molecule has 0 fully saturated rings. The zero-order chi connectivity index (χ0) is 19.6. The number of carbonyl (C=O) groups excluding carboxylic acids is 2. The van der Waals surface area contributed by atoms with Gasteiger partial charge in [-0.1, -0.05) is 50.0 Å². The lowest BCUT2D eigenvalue weighted by Gasteiger charge is -2.17. The van der Waals surface area contributed by atoms with Crippen LogP contribution in [0.3, 0.4) is 0 Å². The van der Waals surface area contributed by atoms with Gasteiger partial charge in [0, 0.05) is 5.41 Å². The van der Waals surface area contributed by atoms with Crippen molar-refractivity contribution in [3.05, 3.63) is 55.9 Å². The van der Waals surface area contributed by atoms with Crippen LogP contribution in [0.5, 0.6) is 0 Å². The second-order valence-corrected chi connectivity index (χ2v) is 7.32. The Morgan fingerprint density at radius 3 is 2.46 bits per heavy atom. The second-order valence-electron chi connectivity index (χ2n) is 6.53. The topological polar surface area (TPSA) is 78.3 Å². The highest BCUT2D eigenvalue weighted by Gasteiger charge is 2.28. The minimum atomic E-state index is -0.838. The highest BCUT2D eigenvalue weighted by molar-refractivity contribution is 6.43. The number of ether oxygens (including phenoxy) is 1. The number of benzene rings is 1. The molecule has 0 N–H and O–H groups in total. The van der Waals surface area contributed by atoms with Gasteiger partial charge in [-0.2, -0.15) is 9.78 Å². The van der Waals surface area contributed by atoms with Gasteiger partial charge >= 0.3 is 5.97 Å². The summed E-state index contributed by atoms with van der Waals surface area (Å²) in [6, 6.07) is 5.81. The van der Waals surface area contributed by atoms with E-state index in [0.29, 0.717) is 0 Å². The van der Waals surface area contributed by atoms with Crippen LogP contribution in [-0.4, -0.2) is 28.1 Å². The molecule has 0 amide bonds. The Morgan fingerprint density at radius 2 is 1.88 bits per heavy atom. The van der Waals surface area contributed by atoms with Crippen molar-refractivity contribution < 1.29 is 14.3 Å². The molecule has 8 heteroatoms. The van der Waals surface area contributed by atoms with Gasteiger partial charge in [0.2, 0.25) is 0 Å². The molecule has 0 atom stereocenters. The van der Waals surface area contributed by atoms with Crippen LogP contribution < -0.4 is 5.56 Å². The number of esters is 1. The van der Waals surface area contributed by atoms with Crippen LogP contribution in [0.15, 0.2) is 29.1 Å². The summed E-state index contributed by atoms with van der Waals surface area (Å²) in [6.45, 7) is 6.84. The largest absolute Gasteiger partial charge is 0.462 e. The third-order valence-electron chi connectivity index (χ3n) is 3.48. The van der Waals surface area contributed by atoms with E-state index < -0.39 is 16.9 Å². The Balaban J connectivity index is 2.81. The molecule has 0 aliphatic rings. The molecule has 0 aliphatic carbocycles. The van der Waals surface area contributed by atoms with Crippen molar-refractivity contribution in [1.29, 1.82) is 0 Å². The van der Waals surface area contributed by atoms with Gasteiger partial charge in [0.25, 0.3) is 5.56 Å². The van der Waals surface area contributed by atoms with Crippen molar-refractivity contribution in [1.82, 2.24) is 9.78 Å². The molecule has 0 saturated heterocycles. The number of aromatic nitrogens is 2. The Morgan fingerprint density at radius 1 is 1.23 bits per heavy atom. The Hall–Kier alpha value is -2.18. The standard InChI is InChI=1S/C18H18Cl2N2O4/c1-5-26-17(25)10-9-12(15(23)18(2,3)4)21-22(16(10)24)13-8-6-7-11(19)14(13)20/h6-9H,5H2,1-4H3. The van der Waals surface area contributed by atoms with Gasteiger partial charge in [-0.25, -0.2) is 4.79 Å². The van der Waals surface area contributed by atoms with E-state index in [1.807, 2.05) is 0 Å². The van der Waals surface area contributed by atoms with Crippen LogP contribution in [0.25, 0.3) is 5.69 Å². The fourth-order valence-corrected chi connectivity index (χ4v) is 2.54. The van der Waals surface area contributed by atoms with Crippen LogP contribution in [0.4, 0.5) is 0 Å². The van der Waals surface area contributed by atoms with E-state index in [9.17, 15) is 14.4 Å². The minimum absolute atomic E-state index is 0.0452. The summed E-state index contributed by atoms with van der Waals surface area (Å²) in [7, 11) is 0. The summed E-state index contributed by atoms with van der Waals surface area (Å²) < 4.78 is 5.83. The lowest BCUT2D eigenvalue weighted by atomic mass is 9.88. The number of carbonyl (C=O) groups is 2. The van der Waals surface area contributed by atoms with E-state index in [1.165, 1.54) is 6.07 Å². The van der Waals surface area contributed by atoms with E-state index in [-0.39, 0.29) is 39.4 Å². The summed E-state index contributed by atoms with van der Waals surface area (Å²) in [4.78, 5) is 37.6. The first-order valence-electron chi connectivity index (χ1n) is 7.88. The van der Waals surface area contributed by atoms with Gasteiger partial charge in [0.05, 0.1) is 22.3 Å². The lowest BCUT2D eigenvalue weighted by Crippen LogP contribution is -2.32. The number of Topliss-reactive ketones (excluding diaryl/α,β-unsaturated/α-hetero) is 1. The summed E-state index contributed by atoms with van der Waals surface area (Å²) in [5, 5.41) is 4.41. The highest BCUT2D eigenvalue weighted by Crippen LogP contribution is 2.28. The minimum Gasteiger partial charge on any atom is -0.462 e. The number of hydrogen-bond donors (Lipinski definition) is 0. The van der Waals surface area contributed by atoms with E-state index in [2.05, 4.69) is 5.10 Å². The third-order valence-corrected chi connectivity index (χ3v) is 4.29. The lowest BCUT2D eigenvalue weighted by molar-refractivity contribution is 0.0523. The first-order chi connectivity index (χ1) is 12.1. The molecular weight excluding hydrogens is 379 g/mol. The number of halogens is 2. The monoisotopic (exact) mass is 396 g/mol. The maximum atomic E-state index is 12.8. The smallest absolute Gasteiger partial charge is 0.343 e. The molecule has 6 nitrogen and oxygen atoms in total. The number of rotatable bonds is 4. The molecule has 2 rings (SSSR count). The first-order valence-corrected chi connectivity index (χ1v) is 8.64. The van der Waals surface area contributed by atoms with E-state index >= 15 is 0 Å². The van der Waals surface area contributed by atoms with Crippen molar-refractivity contribution in [3.8, 4) is 5.69 Å². The molecule has 1 heterocycles. The van der Waals surface area contributed by atoms with Crippen LogP contribution >= 0.6 is 23.2 Å². The zero-order valence-electron chi connectivity index (χ0n) is 14.8. The molecule has 0 unspecified atom stereocenters. The van der Waals surface area contributed by atoms with Crippen molar-refractivity contribution >= 4 is 35.0 Å². The predicted octanol–water partition coefficient (Wildman–Crippen LogP) is 3.94. The molecule has 1 aromatic carbocycles. The first kappa shape index (κ1) is 20.1. The third kappa shape index (κ3) is 3.97. The van der Waals surface area contributed by atoms with Gasteiger partial charge < -0.3 is 4.74 Å². The van der Waals surface area contributed by atoms with Crippen LogP contribution in [0, 0.1) is 5.41 Å². The summed E-state index contributed by atoms with van der Waals surface area (Å²) in [5.41, 5.74) is -1.70. The molecule has 26 heavy (non-hydrogen) atoms. The molecule has 0 saturated carbocycles. The Kier molecular flexibility index (Phi) is 5.88. The normalized spacial score (nSPS) is 11.3. The molecule has 0 spiro atoms. The highest BCUT2D eigenvalue weighted by atomic mass is 35.5. The molecule has 138 valence electrons.